The van der Waals surface area contributed by atoms with Gasteiger partial charge in [0.1, 0.15) is 44.0 Å². The second kappa shape index (κ2) is 13.4. The van der Waals surface area contributed by atoms with Crippen LogP contribution in [-0.2, 0) is 21.8 Å². The van der Waals surface area contributed by atoms with E-state index in [-0.39, 0.29) is 17.8 Å². The highest BCUT2D eigenvalue weighted by molar-refractivity contribution is 5.54. The largest absolute Gasteiger partial charge is 0.491 e. The molecule has 13 heteroatoms. The number of anilines is 2. The molecule has 2 aliphatic heterocycles. The van der Waals surface area contributed by atoms with Gasteiger partial charge in [-0.2, -0.15) is 10.2 Å². The number of aromatic nitrogens is 7. The lowest BCUT2D eigenvalue weighted by Crippen LogP contribution is -2.46. The van der Waals surface area contributed by atoms with Gasteiger partial charge in [-0.05, 0) is 74.0 Å². The van der Waals surface area contributed by atoms with Crippen LogP contribution < -0.4 is 20.2 Å². The quantitative estimate of drug-likeness (QED) is 0.212. The molecule has 2 aliphatic rings. The lowest BCUT2D eigenvalue weighted by Gasteiger charge is -2.37. The summed E-state index contributed by atoms with van der Waals surface area (Å²) in [5.74, 6) is -0.210. The first kappa shape index (κ1) is 30.6. The molecular weight excluding hydrogens is 598 g/mol. The summed E-state index contributed by atoms with van der Waals surface area (Å²) in [4.78, 5) is 25.7. The number of nitrogens with zero attached hydrogens (tertiary/aromatic N) is 9. The van der Waals surface area contributed by atoms with E-state index in [1.165, 1.54) is 6.33 Å². The van der Waals surface area contributed by atoms with Crippen molar-refractivity contribution in [1.82, 2.24) is 34.1 Å². The maximum atomic E-state index is 12.8. The first-order chi connectivity index (χ1) is 23.0. The minimum Gasteiger partial charge on any atom is -0.491 e. The third-order valence-electron chi connectivity index (χ3n) is 8.93. The number of rotatable bonds is 11. The van der Waals surface area contributed by atoms with Gasteiger partial charge >= 0.3 is 5.69 Å². The molecule has 5 aromatic rings. The summed E-state index contributed by atoms with van der Waals surface area (Å²) in [7, 11) is 0. The summed E-state index contributed by atoms with van der Waals surface area (Å²) in [6.45, 7) is 8.77. The molecule has 13 nitrogen and oxygen atoms in total. The van der Waals surface area contributed by atoms with Crippen LogP contribution in [0.4, 0.5) is 11.4 Å². The molecule has 5 heterocycles. The van der Waals surface area contributed by atoms with Crippen LogP contribution in [0.2, 0.25) is 0 Å². The van der Waals surface area contributed by atoms with Crippen molar-refractivity contribution in [2.45, 2.75) is 44.7 Å². The second-order valence-corrected chi connectivity index (χ2v) is 11.9. The standard InChI is InChI=1S/C34H39N9O4/c1-3-26(2)43-33(44)42(25-38-43)30-6-4-28(5-7-30)39-16-18-40(19-17-39)29-8-10-31(11-9-29)45-20-32-21-46-34(47-32,22-41-24-36-23-37-41)27-12-14-35-15-13-27/h4-15,23-26,32H,3,16-22H2,1-2H3/t26?,32-,34-/m0/s1. The highest BCUT2D eigenvalue weighted by Crippen LogP contribution is 2.36. The maximum Gasteiger partial charge on any atom is 0.350 e. The number of hydrogen-bond donors (Lipinski definition) is 0. The van der Waals surface area contributed by atoms with E-state index in [1.54, 1.807) is 39.0 Å². The first-order valence-electron chi connectivity index (χ1n) is 16.1. The Balaban J connectivity index is 0.913. The van der Waals surface area contributed by atoms with E-state index >= 15 is 0 Å². The van der Waals surface area contributed by atoms with Gasteiger partial charge in [-0.1, -0.05) is 6.92 Å². The van der Waals surface area contributed by atoms with Gasteiger partial charge in [0.15, 0.2) is 0 Å². The molecule has 3 atom stereocenters. The fraction of sp³-hybridized carbons (Fsp3) is 0.382. The summed E-state index contributed by atoms with van der Waals surface area (Å²) in [6.07, 6.45) is 8.80. The molecular formula is C34H39N9O4. The van der Waals surface area contributed by atoms with Crippen LogP contribution in [0.25, 0.3) is 5.69 Å². The topological polar surface area (TPSA) is 118 Å². The third kappa shape index (κ3) is 6.49. The second-order valence-electron chi connectivity index (χ2n) is 11.9. The Bertz CT molecular complexity index is 1780. The molecule has 0 spiro atoms. The van der Waals surface area contributed by atoms with Crippen LogP contribution in [0.1, 0.15) is 31.9 Å². The van der Waals surface area contributed by atoms with Crippen LogP contribution >= 0.6 is 0 Å². The number of pyridine rings is 1. The lowest BCUT2D eigenvalue weighted by molar-refractivity contribution is -0.190. The Morgan fingerprint density at radius 1 is 0.872 bits per heavy atom. The molecule has 1 unspecified atom stereocenters. The molecule has 0 amide bonds. The van der Waals surface area contributed by atoms with Gasteiger partial charge in [-0.25, -0.2) is 23.7 Å². The molecule has 3 aromatic heterocycles. The van der Waals surface area contributed by atoms with Gasteiger partial charge in [-0.15, -0.1) is 0 Å². The fourth-order valence-corrected chi connectivity index (χ4v) is 6.06. The van der Waals surface area contributed by atoms with Gasteiger partial charge in [0.05, 0.1) is 18.3 Å². The van der Waals surface area contributed by atoms with Crippen molar-refractivity contribution in [2.24, 2.45) is 0 Å². The monoisotopic (exact) mass is 637 g/mol. The maximum absolute atomic E-state index is 12.8. The van der Waals surface area contributed by atoms with Crippen molar-refractivity contribution in [1.29, 1.82) is 0 Å². The van der Waals surface area contributed by atoms with Gasteiger partial charge < -0.3 is 24.0 Å². The van der Waals surface area contributed by atoms with Crippen LogP contribution in [0.5, 0.6) is 5.75 Å². The van der Waals surface area contributed by atoms with E-state index in [2.05, 4.69) is 61.2 Å². The SMILES string of the molecule is CCC(C)n1ncn(-c2ccc(N3CCN(c4ccc(OC[C@H]5CO[C@](Cn6cncn6)(c6ccncc6)O5)cc4)CC3)cc2)c1=O. The minimum atomic E-state index is -0.991. The number of piperazine rings is 1. The molecule has 0 aliphatic carbocycles. The predicted molar refractivity (Wildman–Crippen MR) is 176 cm³/mol. The van der Waals surface area contributed by atoms with Crippen molar-refractivity contribution >= 4 is 11.4 Å². The minimum absolute atomic E-state index is 0.0706. The molecule has 2 aromatic carbocycles. The predicted octanol–water partition coefficient (Wildman–Crippen LogP) is 3.67. The first-order valence-corrected chi connectivity index (χ1v) is 16.1. The molecule has 0 bridgehead atoms. The molecule has 2 saturated heterocycles. The summed E-state index contributed by atoms with van der Waals surface area (Å²) in [5.41, 5.74) is 3.89. The molecule has 47 heavy (non-hydrogen) atoms. The average molecular weight is 638 g/mol. The molecule has 2 fully saturated rings. The Labute approximate surface area is 272 Å². The van der Waals surface area contributed by atoms with E-state index in [9.17, 15) is 4.79 Å². The van der Waals surface area contributed by atoms with Crippen LogP contribution in [0.15, 0.2) is 96.8 Å². The zero-order chi connectivity index (χ0) is 32.2. The van der Waals surface area contributed by atoms with Crippen LogP contribution in [0, 0.1) is 0 Å². The number of benzene rings is 2. The summed E-state index contributed by atoms with van der Waals surface area (Å²) < 4.78 is 23.7. The molecule has 0 radical (unpaired) electrons. The van der Waals surface area contributed by atoms with Gasteiger partial charge in [0.2, 0.25) is 5.79 Å². The highest BCUT2D eigenvalue weighted by Gasteiger charge is 2.44. The van der Waals surface area contributed by atoms with Crippen molar-refractivity contribution in [3.05, 3.63) is 108 Å². The lowest BCUT2D eigenvalue weighted by atomic mass is 10.1. The Morgan fingerprint density at radius 2 is 1.53 bits per heavy atom. The molecule has 0 N–H and O–H groups in total. The Hall–Kier alpha value is -5.01. The molecule has 0 saturated carbocycles. The van der Waals surface area contributed by atoms with E-state index in [0.29, 0.717) is 19.8 Å². The smallest absolute Gasteiger partial charge is 0.350 e. The van der Waals surface area contributed by atoms with E-state index in [0.717, 1.165) is 61.0 Å². The van der Waals surface area contributed by atoms with E-state index in [1.807, 2.05) is 43.3 Å². The molecule has 7 rings (SSSR count). The normalized spacial score (nSPS) is 20.4. The van der Waals surface area contributed by atoms with Crippen molar-refractivity contribution in [3.8, 4) is 11.4 Å². The Kier molecular flexibility index (Phi) is 8.72. The summed E-state index contributed by atoms with van der Waals surface area (Å²) in [6, 6.07) is 20.2. The van der Waals surface area contributed by atoms with Crippen LogP contribution in [0.3, 0.4) is 0 Å². The van der Waals surface area contributed by atoms with E-state index < -0.39 is 5.79 Å². The fourth-order valence-electron chi connectivity index (χ4n) is 6.06. The van der Waals surface area contributed by atoms with Crippen LogP contribution in [-0.4, -0.2) is 79.6 Å². The van der Waals surface area contributed by atoms with Crippen molar-refractivity contribution in [3.63, 3.8) is 0 Å². The van der Waals surface area contributed by atoms with Gasteiger partial charge in [0, 0.05) is 55.5 Å². The molecule has 244 valence electrons. The zero-order valence-electron chi connectivity index (χ0n) is 26.6. The van der Waals surface area contributed by atoms with Gasteiger partial charge in [0.25, 0.3) is 0 Å². The number of ether oxygens (including phenoxy) is 3. The highest BCUT2D eigenvalue weighted by atomic mass is 16.8. The van der Waals surface area contributed by atoms with Crippen molar-refractivity contribution < 1.29 is 14.2 Å². The zero-order valence-corrected chi connectivity index (χ0v) is 26.6. The summed E-state index contributed by atoms with van der Waals surface area (Å²) in [5, 5.41) is 8.54. The third-order valence-corrected chi connectivity index (χ3v) is 8.93. The summed E-state index contributed by atoms with van der Waals surface area (Å²) >= 11 is 0. The average Bonchev–Trinajstić information content (AvgIpc) is 3.89. The van der Waals surface area contributed by atoms with Gasteiger partial charge in [-0.3, -0.25) is 4.98 Å². The Morgan fingerprint density at radius 3 is 2.17 bits per heavy atom. The van der Waals surface area contributed by atoms with E-state index in [4.69, 9.17) is 14.2 Å². The number of hydrogen-bond acceptors (Lipinski definition) is 10. The van der Waals surface area contributed by atoms with Crippen molar-refractivity contribution in [2.75, 3.05) is 49.2 Å².